The van der Waals surface area contributed by atoms with Gasteiger partial charge >= 0.3 is 0 Å². The second kappa shape index (κ2) is 6.59. The maximum absolute atomic E-state index is 12.6. The Kier molecular flexibility index (Phi) is 5.05. The summed E-state index contributed by atoms with van der Waals surface area (Å²) in [5, 5.41) is 3.16. The van der Waals surface area contributed by atoms with Crippen molar-refractivity contribution in [3.8, 4) is 5.75 Å². The van der Waals surface area contributed by atoms with E-state index in [1.54, 1.807) is 31.4 Å². The third kappa shape index (κ3) is 3.33. The molecule has 2 rings (SSSR count). The minimum Gasteiger partial charge on any atom is -0.497 e. The van der Waals surface area contributed by atoms with Gasteiger partial charge in [-0.05, 0) is 56.5 Å². The Balaban J connectivity index is 2.07. The predicted octanol–water partition coefficient (Wildman–Crippen LogP) is 2.39. The second-order valence-corrected chi connectivity index (χ2v) is 7.53. The van der Waals surface area contributed by atoms with Crippen LogP contribution in [0, 0.1) is 0 Å². The molecular weight excluding hydrogens is 274 g/mol. The molecule has 1 saturated carbocycles. The van der Waals surface area contributed by atoms with Crippen molar-refractivity contribution in [2.24, 2.45) is 0 Å². The molecule has 1 fully saturated rings. The van der Waals surface area contributed by atoms with Gasteiger partial charge in [-0.2, -0.15) is 0 Å². The van der Waals surface area contributed by atoms with E-state index in [-0.39, 0.29) is 5.25 Å². The van der Waals surface area contributed by atoms with E-state index in [9.17, 15) is 8.42 Å². The molecule has 2 atom stereocenters. The monoisotopic (exact) mass is 297 g/mol. The van der Waals surface area contributed by atoms with Gasteiger partial charge in [-0.3, -0.25) is 0 Å². The van der Waals surface area contributed by atoms with Crippen LogP contribution in [0.5, 0.6) is 5.75 Å². The fraction of sp³-hybridized carbons (Fsp3) is 0.600. The molecule has 4 nitrogen and oxygen atoms in total. The lowest BCUT2D eigenvalue weighted by atomic mass is 10.2. The number of sulfone groups is 1. The molecule has 0 aliphatic heterocycles. The zero-order valence-corrected chi connectivity index (χ0v) is 12.9. The summed E-state index contributed by atoms with van der Waals surface area (Å²) in [6.45, 7) is 3.08. The summed E-state index contributed by atoms with van der Waals surface area (Å²) in [5.74, 6) is 0.679. The lowest BCUT2D eigenvalue weighted by Crippen LogP contribution is -2.29. The molecule has 20 heavy (non-hydrogen) atoms. The van der Waals surface area contributed by atoms with E-state index >= 15 is 0 Å². The van der Waals surface area contributed by atoms with E-state index in [1.807, 2.05) is 0 Å². The molecule has 1 aromatic rings. The third-order valence-electron chi connectivity index (χ3n) is 3.89. The largest absolute Gasteiger partial charge is 0.497 e. The van der Waals surface area contributed by atoms with Crippen molar-refractivity contribution < 1.29 is 13.2 Å². The molecule has 1 aromatic carbocycles. The molecule has 0 saturated heterocycles. The SMILES string of the molecule is CCCNC1CCC(S(=O)(=O)c2ccc(OC)cc2)C1. The smallest absolute Gasteiger partial charge is 0.181 e. The van der Waals surface area contributed by atoms with Crippen molar-refractivity contribution in [3.05, 3.63) is 24.3 Å². The molecule has 0 radical (unpaired) electrons. The number of benzene rings is 1. The molecule has 0 bridgehead atoms. The van der Waals surface area contributed by atoms with Gasteiger partial charge in [-0.1, -0.05) is 6.92 Å². The molecule has 5 heteroatoms. The van der Waals surface area contributed by atoms with E-state index in [0.717, 1.165) is 25.8 Å². The number of rotatable bonds is 6. The standard InChI is InChI=1S/C15H23NO3S/c1-3-10-16-12-4-7-15(11-12)20(17,18)14-8-5-13(19-2)6-9-14/h5-6,8-9,12,15-16H,3-4,7,10-11H2,1-2H3. The van der Waals surface area contributed by atoms with E-state index in [4.69, 9.17) is 4.74 Å². The van der Waals surface area contributed by atoms with Gasteiger partial charge in [0.05, 0.1) is 17.3 Å². The fourth-order valence-corrected chi connectivity index (χ4v) is 4.55. The average molecular weight is 297 g/mol. The molecule has 0 heterocycles. The van der Waals surface area contributed by atoms with E-state index in [2.05, 4.69) is 12.2 Å². The Bertz CT molecular complexity index is 525. The molecule has 0 spiro atoms. The molecule has 2 unspecified atom stereocenters. The van der Waals surface area contributed by atoms with Crippen LogP contribution in [0.3, 0.4) is 0 Å². The molecule has 0 aromatic heterocycles. The third-order valence-corrected chi connectivity index (χ3v) is 6.13. The van der Waals surface area contributed by atoms with Crippen molar-refractivity contribution in [2.45, 2.75) is 48.8 Å². The molecule has 1 aliphatic carbocycles. The van der Waals surface area contributed by atoms with E-state index in [0.29, 0.717) is 23.1 Å². The van der Waals surface area contributed by atoms with Crippen molar-refractivity contribution in [1.82, 2.24) is 5.32 Å². The van der Waals surface area contributed by atoms with Crippen molar-refractivity contribution >= 4 is 9.84 Å². The molecular formula is C15H23NO3S. The topological polar surface area (TPSA) is 55.4 Å². The summed E-state index contributed by atoms with van der Waals surface area (Å²) < 4.78 is 30.2. The molecule has 1 N–H and O–H groups in total. The first-order chi connectivity index (χ1) is 9.57. The maximum atomic E-state index is 12.6. The summed E-state index contributed by atoms with van der Waals surface area (Å²) in [4.78, 5) is 0.402. The fourth-order valence-electron chi connectivity index (χ4n) is 2.71. The number of methoxy groups -OCH3 is 1. The van der Waals surface area contributed by atoms with Gasteiger partial charge < -0.3 is 10.1 Å². The van der Waals surface area contributed by atoms with Crippen LogP contribution >= 0.6 is 0 Å². The number of hydrogen-bond acceptors (Lipinski definition) is 4. The minimum atomic E-state index is -3.22. The first-order valence-electron chi connectivity index (χ1n) is 7.19. The van der Waals surface area contributed by atoms with Gasteiger partial charge in [-0.15, -0.1) is 0 Å². The summed E-state index contributed by atoms with van der Waals surface area (Å²) >= 11 is 0. The van der Waals surface area contributed by atoms with Crippen LogP contribution in [0.25, 0.3) is 0 Å². The molecule has 0 amide bonds. The summed E-state index contributed by atoms with van der Waals surface area (Å²) in [6, 6.07) is 7.03. The van der Waals surface area contributed by atoms with Crippen LogP contribution in [-0.2, 0) is 9.84 Å². The Morgan fingerprint density at radius 3 is 2.55 bits per heavy atom. The maximum Gasteiger partial charge on any atom is 0.181 e. The van der Waals surface area contributed by atoms with Crippen LogP contribution in [0.15, 0.2) is 29.2 Å². The van der Waals surface area contributed by atoms with Crippen molar-refractivity contribution in [1.29, 1.82) is 0 Å². The van der Waals surface area contributed by atoms with Gasteiger partial charge in [0.25, 0.3) is 0 Å². The van der Waals surface area contributed by atoms with Crippen LogP contribution in [0.4, 0.5) is 0 Å². The molecule has 112 valence electrons. The summed E-state index contributed by atoms with van der Waals surface area (Å²) in [5.41, 5.74) is 0. The van der Waals surface area contributed by atoms with Gasteiger partial charge in [-0.25, -0.2) is 8.42 Å². The van der Waals surface area contributed by atoms with Gasteiger partial charge in [0.1, 0.15) is 5.75 Å². The zero-order valence-electron chi connectivity index (χ0n) is 12.1. The average Bonchev–Trinajstić information content (AvgIpc) is 2.94. The summed E-state index contributed by atoms with van der Waals surface area (Å²) in [6.07, 6.45) is 3.48. The van der Waals surface area contributed by atoms with Crippen LogP contribution in [0.1, 0.15) is 32.6 Å². The van der Waals surface area contributed by atoms with Gasteiger partial charge in [0, 0.05) is 6.04 Å². The Hall–Kier alpha value is -1.07. The lowest BCUT2D eigenvalue weighted by molar-refractivity contribution is 0.414. The van der Waals surface area contributed by atoms with Crippen LogP contribution < -0.4 is 10.1 Å². The Morgan fingerprint density at radius 2 is 1.95 bits per heavy atom. The highest BCUT2D eigenvalue weighted by Gasteiger charge is 2.34. The Morgan fingerprint density at radius 1 is 1.25 bits per heavy atom. The zero-order chi connectivity index (χ0) is 14.6. The van der Waals surface area contributed by atoms with Crippen molar-refractivity contribution in [3.63, 3.8) is 0 Å². The quantitative estimate of drug-likeness (QED) is 0.876. The Labute approximate surface area is 121 Å². The van der Waals surface area contributed by atoms with Gasteiger partial charge in [0.2, 0.25) is 0 Å². The molecule has 1 aliphatic rings. The second-order valence-electron chi connectivity index (χ2n) is 5.31. The highest BCUT2D eigenvalue weighted by Crippen LogP contribution is 2.30. The highest BCUT2D eigenvalue weighted by molar-refractivity contribution is 7.92. The van der Waals surface area contributed by atoms with Crippen LogP contribution in [-0.4, -0.2) is 33.4 Å². The number of hydrogen-bond donors (Lipinski definition) is 1. The normalized spacial score (nSPS) is 22.9. The highest BCUT2D eigenvalue weighted by atomic mass is 32.2. The first-order valence-corrected chi connectivity index (χ1v) is 8.74. The number of ether oxygens (including phenoxy) is 1. The first kappa shape index (κ1) is 15.3. The number of nitrogens with one attached hydrogen (secondary N) is 1. The van der Waals surface area contributed by atoms with Crippen molar-refractivity contribution in [2.75, 3.05) is 13.7 Å². The lowest BCUT2D eigenvalue weighted by Gasteiger charge is -2.14. The van der Waals surface area contributed by atoms with Gasteiger partial charge in [0.15, 0.2) is 9.84 Å². The predicted molar refractivity (Wildman–Crippen MR) is 79.9 cm³/mol. The van der Waals surface area contributed by atoms with E-state index < -0.39 is 9.84 Å². The summed E-state index contributed by atoms with van der Waals surface area (Å²) in [7, 11) is -1.64. The minimum absolute atomic E-state index is 0.259. The van der Waals surface area contributed by atoms with Crippen LogP contribution in [0.2, 0.25) is 0 Å². The van der Waals surface area contributed by atoms with E-state index in [1.165, 1.54) is 0 Å².